The summed E-state index contributed by atoms with van der Waals surface area (Å²) in [7, 11) is 0. The zero-order chi connectivity index (χ0) is 20.5. The topological polar surface area (TPSA) is 50.2 Å². The minimum Gasteiger partial charge on any atom is -0.352 e. The second-order valence-electron chi connectivity index (χ2n) is 8.25. The highest BCUT2D eigenvalue weighted by Crippen LogP contribution is 2.30. The molecule has 5 nitrogen and oxygen atoms in total. The molecule has 5 rings (SSSR count). The molecule has 1 aliphatic heterocycles. The van der Waals surface area contributed by atoms with E-state index >= 15 is 0 Å². The van der Waals surface area contributed by atoms with Crippen molar-refractivity contribution in [3.63, 3.8) is 0 Å². The van der Waals surface area contributed by atoms with E-state index in [1.165, 1.54) is 12.8 Å². The normalized spacial score (nSPS) is 19.2. The van der Waals surface area contributed by atoms with Gasteiger partial charge < -0.3 is 5.32 Å². The van der Waals surface area contributed by atoms with Gasteiger partial charge in [0.25, 0.3) is 0 Å². The number of benzene rings is 2. The first-order chi connectivity index (χ1) is 14.7. The highest BCUT2D eigenvalue weighted by atomic mass is 35.5. The summed E-state index contributed by atoms with van der Waals surface area (Å²) in [5.41, 5.74) is 3.65. The van der Waals surface area contributed by atoms with Gasteiger partial charge in [-0.2, -0.15) is 5.10 Å². The molecule has 1 atom stereocenters. The highest BCUT2D eigenvalue weighted by molar-refractivity contribution is 6.30. The van der Waals surface area contributed by atoms with Crippen LogP contribution in [0.25, 0.3) is 16.9 Å². The molecule has 1 unspecified atom stereocenters. The Hall–Kier alpha value is -2.63. The van der Waals surface area contributed by atoms with E-state index in [9.17, 15) is 4.79 Å². The van der Waals surface area contributed by atoms with Crippen molar-refractivity contribution < 1.29 is 4.79 Å². The van der Waals surface area contributed by atoms with Crippen molar-refractivity contribution in [3.8, 4) is 16.9 Å². The highest BCUT2D eigenvalue weighted by Gasteiger charge is 2.34. The lowest BCUT2D eigenvalue weighted by molar-refractivity contribution is -0.121. The molecule has 2 aliphatic rings. The molecular weight excluding hydrogens is 396 g/mol. The number of rotatable bonds is 6. The van der Waals surface area contributed by atoms with Crippen LogP contribution in [0.1, 0.15) is 24.8 Å². The first-order valence-electron chi connectivity index (χ1n) is 10.6. The average molecular weight is 421 g/mol. The fourth-order valence-corrected chi connectivity index (χ4v) is 4.36. The minimum absolute atomic E-state index is 0.0560. The second kappa shape index (κ2) is 8.25. The summed E-state index contributed by atoms with van der Waals surface area (Å²) in [6.07, 6.45) is 5.93. The summed E-state index contributed by atoms with van der Waals surface area (Å²) in [6, 6.07) is 18.6. The van der Waals surface area contributed by atoms with Gasteiger partial charge in [0.1, 0.15) is 0 Å². The number of nitrogens with zero attached hydrogens (tertiary/aromatic N) is 3. The van der Waals surface area contributed by atoms with Gasteiger partial charge >= 0.3 is 0 Å². The summed E-state index contributed by atoms with van der Waals surface area (Å²) in [5.74, 6) is 0.0560. The second-order valence-corrected chi connectivity index (χ2v) is 8.68. The van der Waals surface area contributed by atoms with Gasteiger partial charge in [0, 0.05) is 47.5 Å². The lowest BCUT2D eigenvalue weighted by Crippen LogP contribution is -2.38. The van der Waals surface area contributed by atoms with Crippen molar-refractivity contribution in [3.05, 3.63) is 71.4 Å². The van der Waals surface area contributed by atoms with Crippen LogP contribution in [0, 0.1) is 0 Å². The van der Waals surface area contributed by atoms with Crippen LogP contribution in [0.3, 0.4) is 0 Å². The molecule has 0 spiro atoms. The van der Waals surface area contributed by atoms with Crippen LogP contribution in [0.2, 0.25) is 5.02 Å². The SMILES string of the molecule is O=C(Cc1cn(-c2ccccc2)nc1-c1ccc(Cl)cc1)NC1CCN(C2CC2)C1. The predicted octanol–water partition coefficient (Wildman–Crippen LogP) is 4.09. The number of nitrogens with one attached hydrogen (secondary N) is 1. The lowest BCUT2D eigenvalue weighted by Gasteiger charge is -2.15. The molecule has 2 aromatic carbocycles. The number of hydrogen-bond acceptors (Lipinski definition) is 3. The van der Waals surface area contributed by atoms with Gasteiger partial charge in [-0.3, -0.25) is 9.69 Å². The van der Waals surface area contributed by atoms with Crippen molar-refractivity contribution in [2.45, 2.75) is 37.8 Å². The fraction of sp³-hybridized carbons (Fsp3) is 0.333. The summed E-state index contributed by atoms with van der Waals surface area (Å²) in [5, 5.41) is 8.71. The number of likely N-dealkylation sites (tertiary alicyclic amines) is 1. The third kappa shape index (κ3) is 4.27. The molecule has 1 aliphatic carbocycles. The number of halogens is 1. The molecule has 30 heavy (non-hydrogen) atoms. The lowest BCUT2D eigenvalue weighted by atomic mass is 10.1. The van der Waals surface area contributed by atoms with Gasteiger partial charge in [0.05, 0.1) is 17.8 Å². The van der Waals surface area contributed by atoms with Crippen LogP contribution in [-0.2, 0) is 11.2 Å². The molecule has 2 heterocycles. The molecule has 0 radical (unpaired) electrons. The van der Waals surface area contributed by atoms with Crippen LogP contribution in [0.15, 0.2) is 60.8 Å². The van der Waals surface area contributed by atoms with Crippen molar-refractivity contribution >= 4 is 17.5 Å². The third-order valence-corrected chi connectivity index (χ3v) is 6.18. The van der Waals surface area contributed by atoms with Crippen LogP contribution in [-0.4, -0.2) is 45.8 Å². The molecule has 1 N–H and O–H groups in total. The molecule has 154 valence electrons. The minimum atomic E-state index is 0.0560. The van der Waals surface area contributed by atoms with E-state index in [2.05, 4.69) is 10.2 Å². The van der Waals surface area contributed by atoms with Gasteiger partial charge in [0.2, 0.25) is 5.91 Å². The van der Waals surface area contributed by atoms with Crippen molar-refractivity contribution in [1.82, 2.24) is 20.0 Å². The fourth-order valence-electron chi connectivity index (χ4n) is 4.23. The number of carbonyl (C=O) groups excluding carboxylic acids is 1. The molecular formula is C24H25ClN4O. The summed E-state index contributed by atoms with van der Waals surface area (Å²) < 4.78 is 1.84. The molecule has 1 saturated carbocycles. The van der Waals surface area contributed by atoms with E-state index in [0.29, 0.717) is 11.4 Å². The van der Waals surface area contributed by atoms with E-state index in [-0.39, 0.29) is 11.9 Å². The average Bonchev–Trinajstić information content (AvgIpc) is 3.37. The molecule has 2 fully saturated rings. The number of aromatic nitrogens is 2. The smallest absolute Gasteiger partial charge is 0.224 e. The van der Waals surface area contributed by atoms with Gasteiger partial charge in [-0.15, -0.1) is 0 Å². The van der Waals surface area contributed by atoms with Gasteiger partial charge in [-0.1, -0.05) is 41.9 Å². The Labute approximate surface area is 181 Å². The number of carbonyl (C=O) groups is 1. The number of para-hydroxylation sites is 1. The molecule has 1 saturated heterocycles. The maximum atomic E-state index is 12.9. The largest absolute Gasteiger partial charge is 0.352 e. The van der Waals surface area contributed by atoms with E-state index in [0.717, 1.165) is 48.1 Å². The Balaban J connectivity index is 1.36. The van der Waals surface area contributed by atoms with Crippen LogP contribution in [0.5, 0.6) is 0 Å². The number of amides is 1. The summed E-state index contributed by atoms with van der Waals surface area (Å²) in [4.78, 5) is 15.4. The Kier molecular flexibility index (Phi) is 5.32. The molecule has 6 heteroatoms. The maximum Gasteiger partial charge on any atom is 0.224 e. The monoisotopic (exact) mass is 420 g/mol. The Bertz CT molecular complexity index is 1030. The zero-order valence-electron chi connectivity index (χ0n) is 16.8. The first-order valence-corrected chi connectivity index (χ1v) is 11.0. The Morgan fingerprint density at radius 3 is 2.57 bits per heavy atom. The summed E-state index contributed by atoms with van der Waals surface area (Å²) in [6.45, 7) is 2.07. The maximum absolute atomic E-state index is 12.9. The van der Waals surface area contributed by atoms with Crippen molar-refractivity contribution in [2.75, 3.05) is 13.1 Å². The van der Waals surface area contributed by atoms with Gasteiger partial charge in [-0.25, -0.2) is 4.68 Å². The van der Waals surface area contributed by atoms with Crippen LogP contribution in [0.4, 0.5) is 0 Å². The predicted molar refractivity (Wildman–Crippen MR) is 119 cm³/mol. The molecule has 1 aromatic heterocycles. The Morgan fingerprint density at radius 2 is 1.83 bits per heavy atom. The third-order valence-electron chi connectivity index (χ3n) is 5.93. The van der Waals surface area contributed by atoms with E-state index in [1.54, 1.807) is 0 Å². The molecule has 3 aromatic rings. The summed E-state index contributed by atoms with van der Waals surface area (Å²) >= 11 is 6.06. The van der Waals surface area contributed by atoms with E-state index in [1.807, 2.05) is 65.5 Å². The molecule has 1 amide bonds. The number of hydrogen-bond donors (Lipinski definition) is 1. The van der Waals surface area contributed by atoms with Crippen molar-refractivity contribution in [1.29, 1.82) is 0 Å². The standard InChI is InChI=1S/C24H25ClN4O/c25-19-8-6-17(7-9-19)24-18(15-29(27-24)22-4-2-1-3-5-22)14-23(30)26-20-12-13-28(16-20)21-10-11-21/h1-9,15,20-21H,10-14,16H2,(H,26,30). The molecule has 0 bridgehead atoms. The van der Waals surface area contributed by atoms with Gasteiger partial charge in [0.15, 0.2) is 0 Å². The quantitative estimate of drug-likeness (QED) is 0.653. The van der Waals surface area contributed by atoms with Crippen LogP contribution >= 0.6 is 11.6 Å². The zero-order valence-corrected chi connectivity index (χ0v) is 17.6. The Morgan fingerprint density at radius 1 is 1.07 bits per heavy atom. The van der Waals surface area contributed by atoms with E-state index < -0.39 is 0 Å². The first kappa shape index (κ1) is 19.3. The van der Waals surface area contributed by atoms with E-state index in [4.69, 9.17) is 16.7 Å². The van der Waals surface area contributed by atoms with Gasteiger partial charge in [-0.05, 0) is 43.5 Å². The van der Waals surface area contributed by atoms with Crippen LogP contribution < -0.4 is 5.32 Å². The van der Waals surface area contributed by atoms with Crippen molar-refractivity contribution in [2.24, 2.45) is 0 Å².